The van der Waals surface area contributed by atoms with E-state index in [2.05, 4.69) is 4.90 Å². The first-order valence-corrected chi connectivity index (χ1v) is 6.70. The summed E-state index contributed by atoms with van der Waals surface area (Å²) in [6.45, 7) is 2.51. The van der Waals surface area contributed by atoms with Crippen LogP contribution in [0, 0.1) is 0 Å². The first-order valence-electron chi connectivity index (χ1n) is 6.70. The molecule has 2 aliphatic rings. The molecule has 104 valence electrons. The van der Waals surface area contributed by atoms with Crippen LogP contribution in [0.1, 0.15) is 24.5 Å². The molecule has 2 heterocycles. The third-order valence-electron chi connectivity index (χ3n) is 3.77. The van der Waals surface area contributed by atoms with Gasteiger partial charge >= 0.3 is 0 Å². The monoisotopic (exact) mass is 265 g/mol. The Labute approximate surface area is 112 Å². The van der Waals surface area contributed by atoms with Gasteiger partial charge in [0.1, 0.15) is 0 Å². The third kappa shape index (κ3) is 2.83. The van der Waals surface area contributed by atoms with Crippen LogP contribution in [0.15, 0.2) is 18.2 Å². The summed E-state index contributed by atoms with van der Waals surface area (Å²) in [5.41, 5.74) is 0.843. The van der Waals surface area contributed by atoms with Crippen LogP contribution in [0.4, 0.5) is 0 Å². The number of benzene rings is 1. The fourth-order valence-electron chi connectivity index (χ4n) is 2.57. The molecule has 5 nitrogen and oxygen atoms in total. The highest BCUT2D eigenvalue weighted by atomic mass is 16.7. The van der Waals surface area contributed by atoms with Gasteiger partial charge in [0, 0.05) is 19.6 Å². The number of fused-ring (bicyclic) bond motifs is 1. The molecule has 3 rings (SSSR count). The summed E-state index contributed by atoms with van der Waals surface area (Å²) in [6.07, 6.45) is 0.852. The van der Waals surface area contributed by atoms with Crippen molar-refractivity contribution < 1.29 is 19.7 Å². The number of rotatable bonds is 3. The second-order valence-corrected chi connectivity index (χ2v) is 5.16. The standard InChI is InChI=1S/C14H19NO4/c16-11-3-5-15(6-4-11)8-12(17)10-1-2-13-14(7-10)19-9-18-13/h1-2,7,11-12,16-17H,3-6,8-9H2. The Balaban J connectivity index is 1.62. The molecule has 1 saturated heterocycles. The average molecular weight is 265 g/mol. The maximum atomic E-state index is 10.3. The molecule has 0 aromatic heterocycles. The Kier molecular flexibility index (Phi) is 3.59. The maximum Gasteiger partial charge on any atom is 0.231 e. The minimum absolute atomic E-state index is 0.182. The molecule has 1 aromatic rings. The van der Waals surface area contributed by atoms with Gasteiger partial charge in [0.25, 0.3) is 0 Å². The first kappa shape index (κ1) is 12.7. The van der Waals surface area contributed by atoms with Crippen molar-refractivity contribution in [3.8, 4) is 11.5 Å². The highest BCUT2D eigenvalue weighted by Gasteiger charge is 2.21. The van der Waals surface area contributed by atoms with Gasteiger partial charge in [0.2, 0.25) is 6.79 Å². The minimum atomic E-state index is -0.537. The van der Waals surface area contributed by atoms with Crippen LogP contribution in [-0.2, 0) is 0 Å². The summed E-state index contributed by atoms with van der Waals surface area (Å²) in [4.78, 5) is 2.18. The Bertz CT molecular complexity index is 443. The van der Waals surface area contributed by atoms with E-state index in [0.29, 0.717) is 12.3 Å². The van der Waals surface area contributed by atoms with Gasteiger partial charge in [-0.05, 0) is 30.5 Å². The zero-order chi connectivity index (χ0) is 13.2. The van der Waals surface area contributed by atoms with E-state index >= 15 is 0 Å². The second kappa shape index (κ2) is 5.36. The van der Waals surface area contributed by atoms with E-state index in [-0.39, 0.29) is 12.9 Å². The van der Waals surface area contributed by atoms with Crippen molar-refractivity contribution in [3.63, 3.8) is 0 Å². The number of aliphatic hydroxyl groups excluding tert-OH is 2. The normalized spacial score (nSPS) is 21.6. The summed E-state index contributed by atoms with van der Waals surface area (Å²) < 4.78 is 10.6. The quantitative estimate of drug-likeness (QED) is 0.850. The third-order valence-corrected chi connectivity index (χ3v) is 3.77. The highest BCUT2D eigenvalue weighted by molar-refractivity contribution is 5.45. The molecule has 0 aliphatic carbocycles. The van der Waals surface area contributed by atoms with Crippen LogP contribution < -0.4 is 9.47 Å². The number of piperidine rings is 1. The number of hydrogen-bond acceptors (Lipinski definition) is 5. The molecule has 19 heavy (non-hydrogen) atoms. The number of ether oxygens (including phenoxy) is 2. The molecule has 2 N–H and O–H groups in total. The number of β-amino-alcohol motifs (C(OH)–C–C–N with tert-alkyl or cyclic N) is 1. The lowest BCUT2D eigenvalue weighted by atomic mass is 10.0. The van der Waals surface area contributed by atoms with Crippen molar-refractivity contribution in [2.75, 3.05) is 26.4 Å². The van der Waals surface area contributed by atoms with E-state index in [1.807, 2.05) is 18.2 Å². The fraction of sp³-hybridized carbons (Fsp3) is 0.571. The van der Waals surface area contributed by atoms with Crippen molar-refractivity contribution in [1.82, 2.24) is 4.90 Å². The molecule has 0 bridgehead atoms. The van der Waals surface area contributed by atoms with Gasteiger partial charge in [-0.25, -0.2) is 0 Å². The van der Waals surface area contributed by atoms with E-state index < -0.39 is 6.10 Å². The van der Waals surface area contributed by atoms with Crippen LogP contribution in [0.25, 0.3) is 0 Å². The van der Waals surface area contributed by atoms with Crippen LogP contribution in [-0.4, -0.2) is 47.6 Å². The lowest BCUT2D eigenvalue weighted by Gasteiger charge is -2.31. The minimum Gasteiger partial charge on any atom is -0.454 e. The molecule has 0 amide bonds. The van der Waals surface area contributed by atoms with Gasteiger partial charge in [-0.15, -0.1) is 0 Å². The number of nitrogens with zero attached hydrogens (tertiary/aromatic N) is 1. The first-order chi connectivity index (χ1) is 9.22. The van der Waals surface area contributed by atoms with Crippen molar-refractivity contribution in [2.45, 2.75) is 25.0 Å². The Morgan fingerprint density at radius 3 is 2.74 bits per heavy atom. The molecular weight excluding hydrogens is 246 g/mol. The summed E-state index contributed by atoms with van der Waals surface area (Å²) in [7, 11) is 0. The Hall–Kier alpha value is -1.30. The molecule has 1 aromatic carbocycles. The van der Waals surface area contributed by atoms with Crippen LogP contribution in [0.3, 0.4) is 0 Å². The Morgan fingerprint density at radius 2 is 1.95 bits per heavy atom. The van der Waals surface area contributed by atoms with Crippen molar-refractivity contribution in [1.29, 1.82) is 0 Å². The lowest BCUT2D eigenvalue weighted by molar-refractivity contribution is 0.0507. The largest absolute Gasteiger partial charge is 0.454 e. The average Bonchev–Trinajstić information content (AvgIpc) is 2.88. The van der Waals surface area contributed by atoms with Crippen molar-refractivity contribution in [3.05, 3.63) is 23.8 Å². The molecule has 1 unspecified atom stereocenters. The number of likely N-dealkylation sites (tertiary alicyclic amines) is 1. The molecule has 2 aliphatic heterocycles. The Morgan fingerprint density at radius 1 is 1.21 bits per heavy atom. The summed E-state index contributed by atoms with van der Waals surface area (Å²) in [6, 6.07) is 5.55. The topological polar surface area (TPSA) is 62.2 Å². The maximum absolute atomic E-state index is 10.3. The predicted molar refractivity (Wildman–Crippen MR) is 69.2 cm³/mol. The highest BCUT2D eigenvalue weighted by Crippen LogP contribution is 2.34. The lowest BCUT2D eigenvalue weighted by Crippen LogP contribution is -2.38. The van der Waals surface area contributed by atoms with Gasteiger partial charge in [-0.1, -0.05) is 6.07 Å². The van der Waals surface area contributed by atoms with Gasteiger partial charge < -0.3 is 24.6 Å². The van der Waals surface area contributed by atoms with Crippen LogP contribution in [0.5, 0.6) is 11.5 Å². The second-order valence-electron chi connectivity index (χ2n) is 5.16. The fourth-order valence-corrected chi connectivity index (χ4v) is 2.57. The smallest absolute Gasteiger partial charge is 0.231 e. The molecule has 1 fully saturated rings. The molecule has 1 atom stereocenters. The molecular formula is C14H19NO4. The summed E-state index contributed by atoms with van der Waals surface area (Å²) >= 11 is 0. The predicted octanol–water partition coefficient (Wildman–Crippen LogP) is 0.905. The van der Waals surface area contributed by atoms with E-state index in [1.54, 1.807) is 0 Å². The zero-order valence-electron chi connectivity index (χ0n) is 10.8. The SMILES string of the molecule is OC1CCN(CC(O)c2ccc3c(c2)OCO3)CC1. The van der Waals surface area contributed by atoms with Crippen LogP contribution in [0.2, 0.25) is 0 Å². The van der Waals surface area contributed by atoms with E-state index in [0.717, 1.165) is 37.2 Å². The number of aliphatic hydroxyl groups is 2. The molecule has 0 radical (unpaired) electrons. The van der Waals surface area contributed by atoms with Crippen molar-refractivity contribution >= 4 is 0 Å². The van der Waals surface area contributed by atoms with E-state index in [4.69, 9.17) is 9.47 Å². The van der Waals surface area contributed by atoms with Crippen LogP contribution >= 0.6 is 0 Å². The summed E-state index contributed by atoms with van der Waals surface area (Å²) in [5.74, 6) is 1.43. The number of hydrogen-bond donors (Lipinski definition) is 2. The molecule has 0 spiro atoms. The van der Waals surface area contributed by atoms with Gasteiger partial charge in [0.05, 0.1) is 12.2 Å². The van der Waals surface area contributed by atoms with Crippen molar-refractivity contribution in [2.24, 2.45) is 0 Å². The van der Waals surface area contributed by atoms with E-state index in [9.17, 15) is 10.2 Å². The van der Waals surface area contributed by atoms with Gasteiger partial charge in [-0.3, -0.25) is 0 Å². The van der Waals surface area contributed by atoms with E-state index in [1.165, 1.54) is 0 Å². The zero-order valence-corrected chi connectivity index (χ0v) is 10.8. The van der Waals surface area contributed by atoms with Gasteiger partial charge in [0.15, 0.2) is 11.5 Å². The van der Waals surface area contributed by atoms with Gasteiger partial charge in [-0.2, -0.15) is 0 Å². The summed E-state index contributed by atoms with van der Waals surface area (Å²) in [5, 5.41) is 19.7. The molecule has 5 heteroatoms. The molecule has 0 saturated carbocycles.